The topological polar surface area (TPSA) is 107 Å². The first-order valence-electron chi connectivity index (χ1n) is 7.64. The number of benzene rings is 1. The molecule has 0 saturated carbocycles. The number of nitrogens with one attached hydrogen (secondary N) is 2. The van der Waals surface area contributed by atoms with Crippen LogP contribution in [0.1, 0.15) is 5.56 Å². The summed E-state index contributed by atoms with van der Waals surface area (Å²) in [5, 5.41) is 3.35. The van der Waals surface area contributed by atoms with Gasteiger partial charge in [0.05, 0.1) is 11.0 Å². The molecule has 0 radical (unpaired) electrons. The number of nitrogens with two attached hydrogens (primary N) is 1. The predicted octanol–water partition coefficient (Wildman–Crippen LogP) is 1.48. The van der Waals surface area contributed by atoms with E-state index in [0.717, 1.165) is 9.87 Å². The largest absolute Gasteiger partial charge is 0.355 e. The third-order valence-electron chi connectivity index (χ3n) is 3.60. The third-order valence-corrected chi connectivity index (χ3v) is 6.16. The first kappa shape index (κ1) is 20.6. The number of nitrogens with zero attached hydrogens (tertiary/aromatic N) is 1. The number of aromatic nitrogens is 1. The van der Waals surface area contributed by atoms with Crippen LogP contribution in [0, 0.1) is 0 Å². The molecule has 0 atom stereocenters. The fourth-order valence-electron chi connectivity index (χ4n) is 2.18. The number of carbonyl (C=O) groups is 1. The fraction of sp³-hybridized carbons (Fsp3) is 0.250. The van der Waals surface area contributed by atoms with Crippen molar-refractivity contribution < 1.29 is 18.2 Å². The van der Waals surface area contributed by atoms with Crippen LogP contribution in [0.4, 0.5) is 5.82 Å². The lowest BCUT2D eigenvalue weighted by atomic mass is 10.1. The number of carbonyl (C=O) groups excluding carboxylic acids is 1. The molecule has 4 N–H and O–H groups in total. The van der Waals surface area contributed by atoms with E-state index in [4.69, 9.17) is 17.3 Å². The molecular weight excluding hydrogens is 444 g/mol. The van der Waals surface area contributed by atoms with Gasteiger partial charge in [0.15, 0.2) is 4.90 Å². The van der Waals surface area contributed by atoms with Crippen molar-refractivity contribution in [3.63, 3.8) is 0 Å². The molecule has 1 aromatic heterocycles. The minimum absolute atomic E-state index is 0.00296. The highest BCUT2D eigenvalue weighted by Gasteiger charge is 2.28. The van der Waals surface area contributed by atoms with Gasteiger partial charge < -0.3 is 5.32 Å². The summed E-state index contributed by atoms with van der Waals surface area (Å²) < 4.78 is 26.6. The van der Waals surface area contributed by atoms with Crippen molar-refractivity contribution in [2.75, 3.05) is 25.9 Å². The standard InChI is InChI=1S/C16H18BrClN4O3S/c1-22(26(24,25)14-8-12(17)9-21-16(14)19)10-15(23)20-7-6-11-2-4-13(18)5-3-11/h2-5,8-9H,6-7,10H2,1H3,(H2,19,21)(H,20,23)/p+1. The van der Waals surface area contributed by atoms with Crippen LogP contribution in [0.2, 0.25) is 5.02 Å². The lowest BCUT2D eigenvalue weighted by Gasteiger charge is -2.16. The molecule has 10 heteroatoms. The Bertz CT molecular complexity index is 891. The molecule has 1 aromatic carbocycles. The second kappa shape index (κ2) is 8.81. The second-order valence-corrected chi connectivity index (χ2v) is 8.95. The van der Waals surface area contributed by atoms with Crippen LogP contribution in [0.25, 0.3) is 0 Å². The van der Waals surface area contributed by atoms with Crippen LogP contribution in [0.3, 0.4) is 0 Å². The Morgan fingerprint density at radius 3 is 2.65 bits per heavy atom. The van der Waals surface area contributed by atoms with E-state index in [-0.39, 0.29) is 17.3 Å². The second-order valence-electron chi connectivity index (χ2n) is 5.58. The van der Waals surface area contributed by atoms with Gasteiger partial charge in [-0.2, -0.15) is 4.31 Å². The first-order valence-corrected chi connectivity index (χ1v) is 10.3. The molecule has 0 aliphatic heterocycles. The number of aromatic amines is 1. The molecule has 7 nitrogen and oxygen atoms in total. The molecule has 0 aliphatic rings. The number of amides is 1. The Balaban J connectivity index is 1.93. The molecule has 0 saturated heterocycles. The van der Waals surface area contributed by atoms with Crippen LogP contribution in [0.15, 0.2) is 45.9 Å². The normalized spacial score (nSPS) is 11.5. The van der Waals surface area contributed by atoms with Crippen molar-refractivity contribution in [1.29, 1.82) is 0 Å². The summed E-state index contributed by atoms with van der Waals surface area (Å²) in [6.45, 7) is 0.0794. The lowest BCUT2D eigenvalue weighted by molar-refractivity contribution is -0.363. The van der Waals surface area contributed by atoms with Crippen LogP contribution >= 0.6 is 27.5 Å². The van der Waals surface area contributed by atoms with Gasteiger partial charge in [0.1, 0.15) is 6.20 Å². The molecule has 0 unspecified atom stereocenters. The molecule has 0 bridgehead atoms. The Morgan fingerprint density at radius 1 is 1.35 bits per heavy atom. The zero-order chi connectivity index (χ0) is 19.3. The molecule has 26 heavy (non-hydrogen) atoms. The molecule has 2 rings (SSSR count). The van der Waals surface area contributed by atoms with Crippen molar-refractivity contribution in [3.05, 3.63) is 51.6 Å². The fourth-order valence-corrected chi connectivity index (χ4v) is 4.04. The molecule has 140 valence electrons. The molecule has 0 fully saturated rings. The maximum absolute atomic E-state index is 12.6. The van der Waals surface area contributed by atoms with Gasteiger partial charge >= 0.3 is 0 Å². The molecule has 1 heterocycles. The van der Waals surface area contributed by atoms with E-state index < -0.39 is 15.9 Å². The average Bonchev–Trinajstić information content (AvgIpc) is 2.58. The van der Waals surface area contributed by atoms with Crippen molar-refractivity contribution in [1.82, 2.24) is 9.62 Å². The smallest absolute Gasteiger partial charge is 0.290 e. The summed E-state index contributed by atoms with van der Waals surface area (Å²) in [6, 6.07) is 8.68. The van der Waals surface area contributed by atoms with Gasteiger partial charge in [-0.05, 0) is 46.1 Å². The highest BCUT2D eigenvalue weighted by Crippen LogP contribution is 2.21. The van der Waals surface area contributed by atoms with Crippen molar-refractivity contribution >= 4 is 49.3 Å². The summed E-state index contributed by atoms with van der Waals surface area (Å²) in [4.78, 5) is 14.6. The Morgan fingerprint density at radius 2 is 2.00 bits per heavy atom. The van der Waals surface area contributed by atoms with Crippen LogP contribution in [-0.4, -0.2) is 38.8 Å². The highest BCUT2D eigenvalue weighted by molar-refractivity contribution is 9.10. The lowest BCUT2D eigenvalue weighted by Crippen LogP contribution is -2.39. The summed E-state index contributed by atoms with van der Waals surface area (Å²) in [7, 11) is -2.57. The maximum atomic E-state index is 12.6. The Labute approximate surface area is 165 Å². The van der Waals surface area contributed by atoms with Gasteiger partial charge in [0, 0.05) is 18.6 Å². The number of pyridine rings is 1. The van der Waals surface area contributed by atoms with Crippen LogP contribution < -0.4 is 16.0 Å². The number of hydrogen-bond acceptors (Lipinski definition) is 4. The quantitative estimate of drug-likeness (QED) is 0.650. The van der Waals surface area contributed by atoms with Crippen LogP contribution in [-0.2, 0) is 21.2 Å². The van der Waals surface area contributed by atoms with E-state index in [0.29, 0.717) is 22.5 Å². The van der Waals surface area contributed by atoms with Gasteiger partial charge in [-0.3, -0.25) is 10.5 Å². The number of hydrogen-bond donors (Lipinski definition) is 2. The summed E-state index contributed by atoms with van der Waals surface area (Å²) in [5.74, 6) is -0.397. The Kier molecular flexibility index (Phi) is 6.99. The molecule has 1 amide bonds. The van der Waals surface area contributed by atoms with Gasteiger partial charge in [-0.15, -0.1) is 0 Å². The predicted molar refractivity (Wildman–Crippen MR) is 103 cm³/mol. The minimum Gasteiger partial charge on any atom is -0.355 e. The monoisotopic (exact) mass is 461 g/mol. The third kappa shape index (κ3) is 5.41. The summed E-state index contributed by atoms with van der Waals surface area (Å²) in [5.41, 5.74) is 6.73. The summed E-state index contributed by atoms with van der Waals surface area (Å²) in [6.07, 6.45) is 2.14. The Hall–Kier alpha value is -1.68. The van der Waals surface area contributed by atoms with Gasteiger partial charge in [0.2, 0.25) is 5.91 Å². The number of likely N-dealkylation sites (N-methyl/N-ethyl adjacent to an activating group) is 1. The van der Waals surface area contributed by atoms with E-state index >= 15 is 0 Å². The maximum Gasteiger partial charge on any atom is 0.290 e. The first-order chi connectivity index (χ1) is 12.2. The van der Waals surface area contributed by atoms with Gasteiger partial charge in [0.25, 0.3) is 15.8 Å². The molecule has 2 aromatic rings. The van der Waals surface area contributed by atoms with Crippen molar-refractivity contribution in [2.45, 2.75) is 11.3 Å². The van der Waals surface area contributed by atoms with E-state index in [1.165, 1.54) is 19.3 Å². The SMILES string of the molecule is CN(CC(=O)NCCc1ccc(Cl)cc1)S(=O)(=O)c1cc(Br)c[nH+]c1N. The van der Waals surface area contributed by atoms with Crippen molar-refractivity contribution in [2.24, 2.45) is 0 Å². The van der Waals surface area contributed by atoms with Gasteiger partial charge in [-0.25, -0.2) is 13.4 Å². The number of nitrogen functional groups attached to an aromatic ring is 1. The number of halogens is 2. The minimum atomic E-state index is -3.90. The van der Waals surface area contributed by atoms with E-state index in [9.17, 15) is 13.2 Å². The molecule has 0 aliphatic carbocycles. The van der Waals surface area contributed by atoms with Crippen molar-refractivity contribution in [3.8, 4) is 0 Å². The van der Waals surface area contributed by atoms with E-state index in [1.54, 1.807) is 12.1 Å². The highest BCUT2D eigenvalue weighted by atomic mass is 79.9. The molecule has 0 spiro atoms. The average molecular weight is 463 g/mol. The van der Waals surface area contributed by atoms with E-state index in [1.807, 2.05) is 12.1 Å². The van der Waals surface area contributed by atoms with E-state index in [2.05, 4.69) is 26.2 Å². The number of rotatable bonds is 7. The summed E-state index contributed by atoms with van der Waals surface area (Å²) >= 11 is 9.01. The number of anilines is 1. The zero-order valence-corrected chi connectivity index (χ0v) is 17.2. The number of sulfonamides is 1. The number of H-pyrrole nitrogens is 1. The van der Waals surface area contributed by atoms with Crippen LogP contribution in [0.5, 0.6) is 0 Å². The zero-order valence-electron chi connectivity index (χ0n) is 14.0. The van der Waals surface area contributed by atoms with Gasteiger partial charge in [-0.1, -0.05) is 23.7 Å². The molecular formula is C16H19BrClN4O3S+.